The lowest BCUT2D eigenvalue weighted by Gasteiger charge is -2.11. The fourth-order valence-electron chi connectivity index (χ4n) is 3.00. The number of aryl methyl sites for hydroxylation is 2. The fourth-order valence-corrected chi connectivity index (χ4v) is 3.18. The molecule has 0 radical (unpaired) electrons. The van der Waals surface area contributed by atoms with Gasteiger partial charge in [-0.3, -0.25) is 4.79 Å². The summed E-state index contributed by atoms with van der Waals surface area (Å²) in [5.74, 6) is 0.279. The van der Waals surface area contributed by atoms with Crippen LogP contribution in [0.5, 0.6) is 11.5 Å². The van der Waals surface area contributed by atoms with Crippen molar-refractivity contribution >= 4 is 23.5 Å². The molecular weight excluding hydrogens is 436 g/mol. The van der Waals surface area contributed by atoms with Gasteiger partial charge in [-0.25, -0.2) is 14.5 Å². The molecule has 0 aliphatic rings. The van der Waals surface area contributed by atoms with Gasteiger partial charge in [0.05, 0.1) is 24.9 Å². The van der Waals surface area contributed by atoms with Crippen LogP contribution in [-0.4, -0.2) is 47.5 Å². The van der Waals surface area contributed by atoms with Crippen molar-refractivity contribution in [3.8, 4) is 17.3 Å². The predicted octanol–water partition coefficient (Wildman–Crippen LogP) is 3.03. The van der Waals surface area contributed by atoms with Crippen molar-refractivity contribution < 1.29 is 23.8 Å². The smallest absolute Gasteiger partial charge is 0.359 e. The lowest BCUT2D eigenvalue weighted by atomic mass is 10.2. The van der Waals surface area contributed by atoms with Crippen LogP contribution in [0.3, 0.4) is 0 Å². The van der Waals surface area contributed by atoms with Crippen LogP contribution in [0.2, 0.25) is 5.02 Å². The van der Waals surface area contributed by atoms with E-state index < -0.39 is 18.5 Å². The number of aromatic nitrogens is 3. The molecule has 3 rings (SSSR count). The van der Waals surface area contributed by atoms with Gasteiger partial charge in [-0.1, -0.05) is 17.7 Å². The number of esters is 1. The molecule has 0 aliphatic heterocycles. The zero-order valence-corrected chi connectivity index (χ0v) is 18.9. The monoisotopic (exact) mass is 458 g/mol. The summed E-state index contributed by atoms with van der Waals surface area (Å²) in [4.78, 5) is 28.9. The molecule has 168 valence electrons. The number of carbonyl (C=O) groups is 2. The minimum Gasteiger partial charge on any atom is -0.493 e. The van der Waals surface area contributed by atoms with Gasteiger partial charge in [0.2, 0.25) is 0 Å². The minimum absolute atomic E-state index is 0.0931. The van der Waals surface area contributed by atoms with Crippen molar-refractivity contribution in [1.82, 2.24) is 20.1 Å². The number of methoxy groups -OCH3 is 2. The Morgan fingerprint density at radius 3 is 2.47 bits per heavy atom. The molecule has 2 heterocycles. The summed E-state index contributed by atoms with van der Waals surface area (Å²) in [6.45, 7) is 3.48. The number of nitrogens with zero attached hydrogens (tertiary/aromatic N) is 3. The number of amides is 1. The third-order valence-electron chi connectivity index (χ3n) is 4.52. The number of halogens is 1. The van der Waals surface area contributed by atoms with Gasteiger partial charge in [-0.2, -0.15) is 5.10 Å². The second-order valence-electron chi connectivity index (χ2n) is 6.88. The first kappa shape index (κ1) is 23.1. The van der Waals surface area contributed by atoms with Crippen LogP contribution in [0.25, 0.3) is 5.82 Å². The van der Waals surface area contributed by atoms with Gasteiger partial charge in [-0.05, 0) is 49.7 Å². The third-order valence-corrected chi connectivity index (χ3v) is 4.83. The van der Waals surface area contributed by atoms with Crippen molar-refractivity contribution in [3.05, 3.63) is 64.1 Å². The number of nitrogens with one attached hydrogen (secondary N) is 1. The number of rotatable bonds is 8. The Labute approximate surface area is 190 Å². The number of benzene rings is 1. The summed E-state index contributed by atoms with van der Waals surface area (Å²) in [5, 5.41) is 7.13. The van der Waals surface area contributed by atoms with E-state index in [4.69, 9.17) is 25.8 Å². The van der Waals surface area contributed by atoms with Crippen molar-refractivity contribution in [3.63, 3.8) is 0 Å². The SMILES string of the molecule is COc1ccc(CNC(=O)COC(=O)c2nc(-n3nc(C)cc3C)ccc2Cl)cc1OC. The Kier molecular flexibility index (Phi) is 7.32. The Morgan fingerprint density at radius 1 is 1.06 bits per heavy atom. The first-order valence-electron chi connectivity index (χ1n) is 9.67. The van der Waals surface area contributed by atoms with Gasteiger partial charge in [0.15, 0.2) is 29.6 Å². The van der Waals surface area contributed by atoms with E-state index in [-0.39, 0.29) is 17.3 Å². The van der Waals surface area contributed by atoms with E-state index in [0.29, 0.717) is 17.3 Å². The Hall–Kier alpha value is -3.59. The third kappa shape index (κ3) is 5.36. The van der Waals surface area contributed by atoms with E-state index in [1.54, 1.807) is 36.1 Å². The molecule has 0 fully saturated rings. The van der Waals surface area contributed by atoms with Gasteiger partial charge < -0.3 is 19.5 Å². The zero-order chi connectivity index (χ0) is 23.3. The number of pyridine rings is 1. The summed E-state index contributed by atoms with van der Waals surface area (Å²) in [6.07, 6.45) is 0. The van der Waals surface area contributed by atoms with Crippen molar-refractivity contribution in [1.29, 1.82) is 0 Å². The van der Waals surface area contributed by atoms with Crippen LogP contribution in [0.15, 0.2) is 36.4 Å². The molecule has 3 aromatic rings. The molecule has 1 N–H and O–H groups in total. The van der Waals surface area contributed by atoms with Crippen LogP contribution in [-0.2, 0) is 16.1 Å². The van der Waals surface area contributed by atoms with E-state index in [2.05, 4.69) is 15.4 Å². The first-order chi connectivity index (χ1) is 15.3. The van der Waals surface area contributed by atoms with Crippen LogP contribution in [0, 0.1) is 13.8 Å². The quantitative estimate of drug-likeness (QED) is 0.517. The Bertz CT molecular complexity index is 1150. The molecule has 0 saturated heterocycles. The molecule has 0 spiro atoms. The summed E-state index contributed by atoms with van der Waals surface area (Å²) < 4.78 is 17.1. The lowest BCUT2D eigenvalue weighted by molar-refractivity contribution is -0.124. The highest BCUT2D eigenvalue weighted by Gasteiger charge is 2.18. The number of hydrogen-bond donors (Lipinski definition) is 1. The van der Waals surface area contributed by atoms with Gasteiger partial charge >= 0.3 is 5.97 Å². The van der Waals surface area contributed by atoms with Crippen LogP contribution in [0.1, 0.15) is 27.4 Å². The van der Waals surface area contributed by atoms with Gasteiger partial charge in [-0.15, -0.1) is 0 Å². The molecule has 0 saturated carbocycles. The molecule has 32 heavy (non-hydrogen) atoms. The van der Waals surface area contributed by atoms with Crippen LogP contribution >= 0.6 is 11.6 Å². The lowest BCUT2D eigenvalue weighted by Crippen LogP contribution is -2.28. The highest BCUT2D eigenvalue weighted by atomic mass is 35.5. The summed E-state index contributed by atoms with van der Waals surface area (Å²) in [5.41, 5.74) is 2.37. The van der Waals surface area contributed by atoms with E-state index in [9.17, 15) is 9.59 Å². The molecule has 0 atom stereocenters. The molecule has 1 aromatic carbocycles. The number of ether oxygens (including phenoxy) is 3. The Balaban J connectivity index is 1.60. The maximum absolute atomic E-state index is 12.5. The topological polar surface area (TPSA) is 105 Å². The highest BCUT2D eigenvalue weighted by molar-refractivity contribution is 6.33. The predicted molar refractivity (Wildman–Crippen MR) is 118 cm³/mol. The maximum Gasteiger partial charge on any atom is 0.359 e. The standard InChI is InChI=1S/C22H23ClN4O5/c1-13-9-14(2)27(26-13)19-8-6-16(23)21(25-19)22(29)32-12-20(28)24-11-15-5-7-17(30-3)18(10-15)31-4/h5-10H,11-12H2,1-4H3,(H,24,28). The van der Waals surface area contributed by atoms with Crippen molar-refractivity contribution in [2.75, 3.05) is 20.8 Å². The molecule has 10 heteroatoms. The maximum atomic E-state index is 12.5. The van der Waals surface area contributed by atoms with Gasteiger partial charge in [0, 0.05) is 12.2 Å². The van der Waals surface area contributed by atoms with Gasteiger partial charge in [0.25, 0.3) is 5.91 Å². The molecule has 9 nitrogen and oxygen atoms in total. The number of carbonyl (C=O) groups excluding carboxylic acids is 2. The fraction of sp³-hybridized carbons (Fsp3) is 0.273. The van der Waals surface area contributed by atoms with Crippen LogP contribution in [0.4, 0.5) is 0 Å². The molecule has 1 amide bonds. The van der Waals surface area contributed by atoms with E-state index in [1.807, 2.05) is 19.9 Å². The zero-order valence-electron chi connectivity index (χ0n) is 18.1. The summed E-state index contributed by atoms with van der Waals surface area (Å²) in [7, 11) is 3.07. The molecular formula is C22H23ClN4O5. The molecule has 0 aliphatic carbocycles. The normalized spacial score (nSPS) is 10.5. The molecule has 0 unspecified atom stereocenters. The highest BCUT2D eigenvalue weighted by Crippen LogP contribution is 2.27. The van der Waals surface area contributed by atoms with E-state index >= 15 is 0 Å². The minimum atomic E-state index is -0.806. The van der Waals surface area contributed by atoms with Gasteiger partial charge in [0.1, 0.15) is 0 Å². The van der Waals surface area contributed by atoms with Crippen molar-refractivity contribution in [2.45, 2.75) is 20.4 Å². The Morgan fingerprint density at radius 2 is 1.81 bits per heavy atom. The molecule has 2 aromatic heterocycles. The number of hydrogen-bond acceptors (Lipinski definition) is 7. The second kappa shape index (κ2) is 10.1. The first-order valence-corrected chi connectivity index (χ1v) is 10.0. The summed E-state index contributed by atoms with van der Waals surface area (Å²) >= 11 is 6.12. The second-order valence-corrected chi connectivity index (χ2v) is 7.29. The van der Waals surface area contributed by atoms with E-state index in [0.717, 1.165) is 17.0 Å². The largest absolute Gasteiger partial charge is 0.493 e. The van der Waals surface area contributed by atoms with E-state index in [1.165, 1.54) is 13.2 Å². The molecule has 0 bridgehead atoms. The average molecular weight is 459 g/mol. The summed E-state index contributed by atoms with van der Waals surface area (Å²) in [6, 6.07) is 10.4. The van der Waals surface area contributed by atoms with Crippen molar-refractivity contribution in [2.24, 2.45) is 0 Å². The van der Waals surface area contributed by atoms with Crippen LogP contribution < -0.4 is 14.8 Å². The average Bonchev–Trinajstić information content (AvgIpc) is 3.13.